The van der Waals surface area contributed by atoms with Gasteiger partial charge in [-0.3, -0.25) is 0 Å². The van der Waals surface area contributed by atoms with Crippen molar-refractivity contribution in [3.63, 3.8) is 0 Å². The molecular weight excluding hydrogens is 248 g/mol. The minimum atomic E-state index is -0.0124. The van der Waals surface area contributed by atoms with E-state index in [-0.39, 0.29) is 6.04 Å². The molecule has 0 saturated heterocycles. The molecule has 0 bridgehead atoms. The zero-order valence-electron chi connectivity index (χ0n) is 10.2. The Morgan fingerprint density at radius 1 is 1.39 bits per heavy atom. The van der Waals surface area contributed by atoms with Crippen molar-refractivity contribution >= 4 is 11.6 Å². The first-order valence-electron chi connectivity index (χ1n) is 6.13. The number of hydrogen-bond donors (Lipinski definition) is 1. The van der Waals surface area contributed by atoms with E-state index in [2.05, 4.69) is 17.0 Å². The second kappa shape index (κ2) is 4.37. The van der Waals surface area contributed by atoms with Gasteiger partial charge in [-0.05, 0) is 31.9 Å². The van der Waals surface area contributed by atoms with Crippen LogP contribution in [0.4, 0.5) is 0 Å². The Morgan fingerprint density at radius 2 is 2.22 bits per heavy atom. The van der Waals surface area contributed by atoms with Gasteiger partial charge in [0.05, 0.1) is 12.1 Å². The van der Waals surface area contributed by atoms with Crippen LogP contribution in [0.1, 0.15) is 37.7 Å². The quantitative estimate of drug-likeness (QED) is 0.860. The molecule has 5 heteroatoms. The molecule has 1 aromatic heterocycles. The first-order valence-corrected chi connectivity index (χ1v) is 6.51. The van der Waals surface area contributed by atoms with Crippen LogP contribution in [0.5, 0.6) is 0 Å². The Bertz CT molecular complexity index is 551. The van der Waals surface area contributed by atoms with Crippen LogP contribution in [-0.2, 0) is 0 Å². The zero-order chi connectivity index (χ0) is 12.7. The van der Waals surface area contributed by atoms with Crippen LogP contribution in [0.3, 0.4) is 0 Å². The molecule has 3 rings (SSSR count). The summed E-state index contributed by atoms with van der Waals surface area (Å²) in [6.45, 7) is 2.14. The molecule has 94 valence electrons. The third kappa shape index (κ3) is 1.91. The maximum atomic E-state index is 6.08. The van der Waals surface area contributed by atoms with Crippen molar-refractivity contribution in [1.82, 2.24) is 14.8 Å². The zero-order valence-corrected chi connectivity index (χ0v) is 10.9. The highest BCUT2D eigenvalue weighted by Crippen LogP contribution is 2.30. The Balaban J connectivity index is 2.07. The van der Waals surface area contributed by atoms with Gasteiger partial charge < -0.3 is 5.73 Å². The number of benzene rings is 1. The van der Waals surface area contributed by atoms with Crippen molar-refractivity contribution in [2.24, 2.45) is 5.73 Å². The third-order valence-corrected chi connectivity index (χ3v) is 3.62. The average molecular weight is 263 g/mol. The van der Waals surface area contributed by atoms with Crippen molar-refractivity contribution in [1.29, 1.82) is 0 Å². The van der Waals surface area contributed by atoms with Gasteiger partial charge >= 0.3 is 0 Å². The Hall–Kier alpha value is -1.39. The summed E-state index contributed by atoms with van der Waals surface area (Å²) < 4.78 is 1.95. The van der Waals surface area contributed by atoms with Gasteiger partial charge in [0, 0.05) is 10.6 Å². The van der Waals surface area contributed by atoms with Crippen molar-refractivity contribution in [3.8, 4) is 11.4 Å². The molecular formula is C13H15ClN4. The van der Waals surface area contributed by atoms with Crippen LogP contribution in [0.25, 0.3) is 11.4 Å². The summed E-state index contributed by atoms with van der Waals surface area (Å²) in [5.74, 6) is 1.58. The van der Waals surface area contributed by atoms with Crippen molar-refractivity contribution in [2.75, 3.05) is 0 Å². The minimum absolute atomic E-state index is 0.0124. The summed E-state index contributed by atoms with van der Waals surface area (Å²) in [5, 5.41) is 5.25. The summed E-state index contributed by atoms with van der Waals surface area (Å²) in [5.41, 5.74) is 7.01. The first-order chi connectivity index (χ1) is 8.65. The number of aromatic nitrogens is 3. The lowest BCUT2D eigenvalue weighted by Gasteiger charge is -2.23. The highest BCUT2D eigenvalue weighted by Gasteiger charge is 2.25. The van der Waals surface area contributed by atoms with E-state index in [1.807, 2.05) is 28.9 Å². The highest BCUT2D eigenvalue weighted by molar-refractivity contribution is 6.30. The molecule has 2 N–H and O–H groups in total. The van der Waals surface area contributed by atoms with E-state index in [9.17, 15) is 0 Å². The number of fused-ring (bicyclic) bond motifs is 1. The maximum Gasteiger partial charge on any atom is 0.181 e. The summed E-state index contributed by atoms with van der Waals surface area (Å²) in [4.78, 5) is 4.56. The summed E-state index contributed by atoms with van der Waals surface area (Å²) in [7, 11) is 0. The second-order valence-electron chi connectivity index (χ2n) is 4.78. The largest absolute Gasteiger partial charge is 0.321 e. The van der Waals surface area contributed by atoms with Gasteiger partial charge in [-0.25, -0.2) is 9.67 Å². The Kier molecular flexibility index (Phi) is 2.84. The predicted molar refractivity (Wildman–Crippen MR) is 71.3 cm³/mol. The average Bonchev–Trinajstić information content (AvgIpc) is 2.80. The number of nitrogens with zero attached hydrogens (tertiary/aromatic N) is 3. The van der Waals surface area contributed by atoms with E-state index >= 15 is 0 Å². The normalized spacial score (nSPS) is 22.8. The Labute approximate surface area is 111 Å². The molecule has 2 aromatic rings. The van der Waals surface area contributed by atoms with E-state index in [4.69, 9.17) is 17.3 Å². The van der Waals surface area contributed by atoms with Crippen LogP contribution in [-0.4, -0.2) is 14.8 Å². The highest BCUT2D eigenvalue weighted by atomic mass is 35.5. The standard InChI is InChI=1S/C13H15ClN4/c1-8-5-6-11(15)13-16-12(17-18(8)13)9-3-2-4-10(14)7-9/h2-4,7-8,11H,5-6,15H2,1H3. The maximum absolute atomic E-state index is 6.08. The summed E-state index contributed by atoms with van der Waals surface area (Å²) in [6, 6.07) is 7.93. The SMILES string of the molecule is CC1CCC(N)c2nc(-c3cccc(Cl)c3)nn21. The van der Waals surface area contributed by atoms with E-state index < -0.39 is 0 Å². The van der Waals surface area contributed by atoms with Crippen LogP contribution in [0.15, 0.2) is 24.3 Å². The van der Waals surface area contributed by atoms with Crippen LogP contribution < -0.4 is 5.73 Å². The van der Waals surface area contributed by atoms with Crippen LogP contribution >= 0.6 is 11.6 Å². The molecule has 0 saturated carbocycles. The summed E-state index contributed by atoms with van der Waals surface area (Å²) in [6.07, 6.45) is 2.02. The number of hydrogen-bond acceptors (Lipinski definition) is 3. The molecule has 2 unspecified atom stereocenters. The summed E-state index contributed by atoms with van der Waals surface area (Å²) >= 11 is 5.99. The van der Waals surface area contributed by atoms with Gasteiger partial charge in [-0.2, -0.15) is 5.10 Å². The lowest BCUT2D eigenvalue weighted by molar-refractivity contribution is 0.350. The lowest BCUT2D eigenvalue weighted by Crippen LogP contribution is -2.25. The molecule has 0 amide bonds. The van der Waals surface area contributed by atoms with Gasteiger partial charge in [-0.15, -0.1) is 0 Å². The fourth-order valence-corrected chi connectivity index (χ4v) is 2.52. The molecule has 1 aliphatic rings. The van der Waals surface area contributed by atoms with E-state index in [1.54, 1.807) is 0 Å². The molecule has 0 radical (unpaired) electrons. The molecule has 0 spiro atoms. The number of rotatable bonds is 1. The second-order valence-corrected chi connectivity index (χ2v) is 5.22. The molecule has 18 heavy (non-hydrogen) atoms. The first kappa shape index (κ1) is 11.7. The third-order valence-electron chi connectivity index (χ3n) is 3.39. The van der Waals surface area contributed by atoms with E-state index in [0.29, 0.717) is 16.9 Å². The van der Waals surface area contributed by atoms with Crippen molar-refractivity contribution in [3.05, 3.63) is 35.1 Å². The van der Waals surface area contributed by atoms with Gasteiger partial charge in [-0.1, -0.05) is 23.7 Å². The van der Waals surface area contributed by atoms with Gasteiger partial charge in [0.1, 0.15) is 5.82 Å². The molecule has 1 aromatic carbocycles. The van der Waals surface area contributed by atoms with Crippen LogP contribution in [0.2, 0.25) is 5.02 Å². The van der Waals surface area contributed by atoms with E-state index in [1.165, 1.54) is 0 Å². The lowest BCUT2D eigenvalue weighted by atomic mass is 10.0. The smallest absolute Gasteiger partial charge is 0.181 e. The van der Waals surface area contributed by atoms with Crippen LogP contribution in [0, 0.1) is 0 Å². The molecule has 0 fully saturated rings. The van der Waals surface area contributed by atoms with Crippen molar-refractivity contribution < 1.29 is 0 Å². The van der Waals surface area contributed by atoms with Gasteiger partial charge in [0.2, 0.25) is 0 Å². The fraction of sp³-hybridized carbons (Fsp3) is 0.385. The minimum Gasteiger partial charge on any atom is -0.321 e. The van der Waals surface area contributed by atoms with Crippen molar-refractivity contribution in [2.45, 2.75) is 31.8 Å². The Morgan fingerprint density at radius 3 is 2.94 bits per heavy atom. The molecule has 2 heterocycles. The van der Waals surface area contributed by atoms with Gasteiger partial charge in [0.25, 0.3) is 0 Å². The fourth-order valence-electron chi connectivity index (χ4n) is 2.33. The monoisotopic (exact) mass is 262 g/mol. The molecule has 4 nitrogen and oxygen atoms in total. The molecule has 1 aliphatic heterocycles. The number of halogens is 1. The topological polar surface area (TPSA) is 56.7 Å². The van der Waals surface area contributed by atoms with Gasteiger partial charge in [0.15, 0.2) is 5.82 Å². The molecule has 2 atom stereocenters. The van der Waals surface area contributed by atoms with E-state index in [0.717, 1.165) is 24.2 Å². The predicted octanol–water partition coefficient (Wildman–Crippen LogP) is 2.95. The molecule has 0 aliphatic carbocycles. The number of nitrogens with two attached hydrogens (primary N) is 1.